The van der Waals surface area contributed by atoms with Crippen LogP contribution in [-0.2, 0) is 5.75 Å². The van der Waals surface area contributed by atoms with Gasteiger partial charge in [0, 0.05) is 7.05 Å². The van der Waals surface area contributed by atoms with Crippen LogP contribution >= 0.6 is 23.3 Å². The summed E-state index contributed by atoms with van der Waals surface area (Å²) in [4.78, 5) is 4.45. The molecule has 2 heterocycles. The molecule has 0 unspecified atom stereocenters. The van der Waals surface area contributed by atoms with Gasteiger partial charge in [-0.2, -0.15) is 21.1 Å². The van der Waals surface area contributed by atoms with Gasteiger partial charge in [-0.25, -0.2) is 0 Å². The van der Waals surface area contributed by atoms with Crippen molar-refractivity contribution in [2.75, 3.05) is 18.1 Å². The average Bonchev–Trinajstić information content (AvgIpc) is 2.95. The number of aromatic nitrogens is 3. The van der Waals surface area contributed by atoms with Crippen molar-refractivity contribution in [3.05, 3.63) is 11.5 Å². The van der Waals surface area contributed by atoms with Crippen molar-refractivity contribution in [3.8, 4) is 11.5 Å². The standard InChI is InChI=1S/C12H18N4OS2/c1-7(2)5-18-6-9-14-11(17-15-9)10-8(3)16-19-12(10)13-4/h7,13H,5-6H2,1-4H3. The molecule has 0 atom stereocenters. The van der Waals surface area contributed by atoms with Gasteiger partial charge in [0.2, 0.25) is 0 Å². The van der Waals surface area contributed by atoms with Crippen LogP contribution in [0.2, 0.25) is 0 Å². The maximum atomic E-state index is 5.34. The summed E-state index contributed by atoms with van der Waals surface area (Å²) >= 11 is 3.23. The Bertz CT molecular complexity index is 536. The molecule has 1 N–H and O–H groups in total. The SMILES string of the molecule is CNc1snc(C)c1-c1nc(CSCC(C)C)no1. The van der Waals surface area contributed by atoms with Crippen molar-refractivity contribution < 1.29 is 4.52 Å². The lowest BCUT2D eigenvalue weighted by Gasteiger charge is -2.00. The molecule has 5 nitrogen and oxygen atoms in total. The van der Waals surface area contributed by atoms with Crippen molar-refractivity contribution in [2.45, 2.75) is 26.5 Å². The van der Waals surface area contributed by atoms with E-state index >= 15 is 0 Å². The molecule has 0 aliphatic carbocycles. The molecule has 7 heteroatoms. The summed E-state index contributed by atoms with van der Waals surface area (Å²) in [5, 5.41) is 8.09. The first-order chi connectivity index (χ1) is 9.11. The fraction of sp³-hybridized carbons (Fsp3) is 0.583. The van der Waals surface area contributed by atoms with Crippen molar-refractivity contribution in [1.29, 1.82) is 0 Å². The highest BCUT2D eigenvalue weighted by Gasteiger charge is 2.18. The highest BCUT2D eigenvalue weighted by atomic mass is 32.2. The minimum Gasteiger partial charge on any atom is -0.378 e. The van der Waals surface area contributed by atoms with Gasteiger partial charge < -0.3 is 9.84 Å². The lowest BCUT2D eigenvalue weighted by molar-refractivity contribution is 0.425. The largest absolute Gasteiger partial charge is 0.378 e. The number of thioether (sulfide) groups is 1. The van der Waals surface area contributed by atoms with Gasteiger partial charge in [0.25, 0.3) is 5.89 Å². The van der Waals surface area contributed by atoms with E-state index in [4.69, 9.17) is 4.52 Å². The number of anilines is 1. The van der Waals surface area contributed by atoms with E-state index in [1.54, 1.807) is 0 Å². The Hall–Kier alpha value is -1.08. The highest BCUT2D eigenvalue weighted by Crippen LogP contribution is 2.33. The molecule has 2 rings (SSSR count). The third-order valence-electron chi connectivity index (χ3n) is 2.45. The van der Waals surface area contributed by atoms with Gasteiger partial charge in [0.05, 0.1) is 17.0 Å². The zero-order chi connectivity index (χ0) is 13.8. The predicted molar refractivity (Wildman–Crippen MR) is 80.7 cm³/mol. The lowest BCUT2D eigenvalue weighted by atomic mass is 10.2. The Kier molecular flexibility index (Phi) is 4.81. The van der Waals surface area contributed by atoms with Gasteiger partial charge >= 0.3 is 0 Å². The highest BCUT2D eigenvalue weighted by molar-refractivity contribution is 7.98. The monoisotopic (exact) mass is 298 g/mol. The number of hydrogen-bond acceptors (Lipinski definition) is 7. The molecule has 104 valence electrons. The number of rotatable bonds is 6. The van der Waals surface area contributed by atoms with Crippen LogP contribution in [-0.4, -0.2) is 27.3 Å². The van der Waals surface area contributed by atoms with Crippen molar-refractivity contribution in [1.82, 2.24) is 14.5 Å². The lowest BCUT2D eigenvalue weighted by Crippen LogP contribution is -1.93. The molecule has 0 bridgehead atoms. The second-order valence-corrected chi connectivity index (χ2v) is 6.45. The maximum absolute atomic E-state index is 5.34. The van der Waals surface area contributed by atoms with E-state index in [0.29, 0.717) is 11.8 Å². The Labute approximate surface area is 121 Å². The minimum absolute atomic E-state index is 0.552. The molecule has 0 saturated carbocycles. The van der Waals surface area contributed by atoms with Gasteiger partial charge in [-0.1, -0.05) is 19.0 Å². The van der Waals surface area contributed by atoms with Crippen LogP contribution in [0.5, 0.6) is 0 Å². The molecule has 0 saturated heterocycles. The first-order valence-electron chi connectivity index (χ1n) is 6.16. The first kappa shape index (κ1) is 14.3. The van der Waals surface area contributed by atoms with Crippen LogP contribution in [0.3, 0.4) is 0 Å². The van der Waals surface area contributed by atoms with Gasteiger partial charge in [0.15, 0.2) is 5.82 Å². The van der Waals surface area contributed by atoms with Crippen molar-refractivity contribution in [2.24, 2.45) is 5.92 Å². The normalized spacial score (nSPS) is 11.2. The van der Waals surface area contributed by atoms with Gasteiger partial charge in [-0.3, -0.25) is 0 Å². The van der Waals surface area contributed by atoms with Crippen LogP contribution in [0.1, 0.15) is 25.4 Å². The van der Waals surface area contributed by atoms with Gasteiger partial charge in [-0.15, -0.1) is 0 Å². The third-order valence-corrected chi connectivity index (χ3v) is 4.77. The zero-order valence-electron chi connectivity index (χ0n) is 11.6. The van der Waals surface area contributed by atoms with Crippen LogP contribution < -0.4 is 5.32 Å². The fourth-order valence-electron chi connectivity index (χ4n) is 1.59. The van der Waals surface area contributed by atoms with Crippen LogP contribution in [0.25, 0.3) is 11.5 Å². The molecule has 0 amide bonds. The van der Waals surface area contributed by atoms with Crippen molar-refractivity contribution in [3.63, 3.8) is 0 Å². The topological polar surface area (TPSA) is 63.8 Å². The molecule has 0 aromatic carbocycles. The van der Waals surface area contributed by atoms with Crippen LogP contribution in [0.15, 0.2) is 4.52 Å². The summed E-state index contributed by atoms with van der Waals surface area (Å²) in [6.07, 6.45) is 0. The summed E-state index contributed by atoms with van der Waals surface area (Å²) in [5.41, 5.74) is 1.83. The van der Waals surface area contributed by atoms with E-state index in [1.165, 1.54) is 11.5 Å². The Balaban J connectivity index is 2.10. The number of hydrogen-bond donors (Lipinski definition) is 1. The first-order valence-corrected chi connectivity index (χ1v) is 8.09. The van der Waals surface area contributed by atoms with E-state index in [2.05, 4.69) is 33.7 Å². The number of aryl methyl sites for hydroxylation is 1. The average molecular weight is 298 g/mol. The maximum Gasteiger partial charge on any atom is 0.262 e. The molecule has 2 aromatic rings. The molecule has 0 radical (unpaired) electrons. The van der Waals surface area contributed by atoms with E-state index in [0.717, 1.165) is 33.6 Å². The molecule has 0 aliphatic heterocycles. The summed E-state index contributed by atoms with van der Waals surface area (Å²) in [6.45, 7) is 6.35. The van der Waals surface area contributed by atoms with E-state index in [-0.39, 0.29) is 0 Å². The number of nitrogens with one attached hydrogen (secondary N) is 1. The van der Waals surface area contributed by atoms with Gasteiger partial charge in [0.1, 0.15) is 5.00 Å². The molecule has 0 spiro atoms. The van der Waals surface area contributed by atoms with Crippen LogP contribution in [0.4, 0.5) is 5.00 Å². The minimum atomic E-state index is 0.552. The Morgan fingerprint density at radius 3 is 2.89 bits per heavy atom. The van der Waals surface area contributed by atoms with Gasteiger partial charge in [-0.05, 0) is 30.1 Å². The summed E-state index contributed by atoms with van der Waals surface area (Å²) in [6, 6.07) is 0. The fourth-order valence-corrected chi connectivity index (χ4v) is 3.22. The predicted octanol–water partition coefficient (Wildman–Crippen LogP) is 3.43. The zero-order valence-corrected chi connectivity index (χ0v) is 13.2. The van der Waals surface area contributed by atoms with E-state index in [9.17, 15) is 0 Å². The Morgan fingerprint density at radius 2 is 2.21 bits per heavy atom. The van der Waals surface area contributed by atoms with E-state index in [1.807, 2.05) is 25.7 Å². The third kappa shape index (κ3) is 3.48. The molecule has 0 fully saturated rings. The second kappa shape index (κ2) is 6.38. The molecular formula is C12H18N4OS2. The smallest absolute Gasteiger partial charge is 0.262 e. The van der Waals surface area contributed by atoms with Crippen LogP contribution in [0, 0.1) is 12.8 Å². The second-order valence-electron chi connectivity index (χ2n) is 4.65. The quantitative estimate of drug-likeness (QED) is 0.881. The molecular weight excluding hydrogens is 280 g/mol. The molecule has 19 heavy (non-hydrogen) atoms. The van der Waals surface area contributed by atoms with Crippen molar-refractivity contribution >= 4 is 28.3 Å². The summed E-state index contributed by atoms with van der Waals surface area (Å²) < 4.78 is 9.65. The number of nitrogens with zero attached hydrogens (tertiary/aromatic N) is 3. The summed E-state index contributed by atoms with van der Waals surface area (Å²) in [5.74, 6) is 3.86. The molecule has 2 aromatic heterocycles. The Morgan fingerprint density at radius 1 is 1.42 bits per heavy atom. The molecule has 0 aliphatic rings. The summed E-state index contributed by atoms with van der Waals surface area (Å²) in [7, 11) is 1.87. The van der Waals surface area contributed by atoms with E-state index < -0.39 is 0 Å².